The quantitative estimate of drug-likeness (QED) is 0.758. The van der Waals surface area contributed by atoms with E-state index in [1.807, 2.05) is 16.9 Å². The zero-order valence-electron chi connectivity index (χ0n) is 14.0. The van der Waals surface area contributed by atoms with Crippen LogP contribution in [0.2, 0.25) is 0 Å². The Bertz CT molecular complexity index is 654. The van der Waals surface area contributed by atoms with Crippen molar-refractivity contribution in [1.29, 1.82) is 0 Å². The topological polar surface area (TPSA) is 68.2 Å². The highest BCUT2D eigenvalue weighted by molar-refractivity contribution is 5.74. The van der Waals surface area contributed by atoms with E-state index in [1.54, 1.807) is 18.3 Å². The summed E-state index contributed by atoms with van der Waals surface area (Å²) in [6.45, 7) is 1.99. The second-order valence-corrected chi connectivity index (χ2v) is 6.10. The van der Waals surface area contributed by atoms with Gasteiger partial charge in [-0.2, -0.15) is 5.10 Å². The van der Waals surface area contributed by atoms with Crippen molar-refractivity contribution in [3.8, 4) is 0 Å². The molecule has 1 aromatic carbocycles. The second kappa shape index (κ2) is 8.62. The molecular weight excluding hydrogens is 323 g/mol. The zero-order valence-corrected chi connectivity index (χ0v) is 14.0. The highest BCUT2D eigenvalue weighted by Gasteiger charge is 2.28. The minimum Gasteiger partial charge on any atom is -0.376 e. The Balaban J connectivity index is 1.52. The number of urea groups is 1. The molecule has 0 aliphatic carbocycles. The molecular formula is C18H23FN4O2. The fourth-order valence-corrected chi connectivity index (χ4v) is 2.99. The molecule has 6 nitrogen and oxygen atoms in total. The first-order chi connectivity index (χ1) is 12.2. The predicted octanol–water partition coefficient (Wildman–Crippen LogP) is 2.63. The van der Waals surface area contributed by atoms with Crippen LogP contribution in [0.3, 0.4) is 0 Å². The van der Waals surface area contributed by atoms with Crippen LogP contribution in [-0.2, 0) is 11.3 Å². The van der Waals surface area contributed by atoms with Crippen molar-refractivity contribution in [2.24, 2.45) is 0 Å². The number of carbonyl (C=O) groups is 1. The van der Waals surface area contributed by atoms with Crippen LogP contribution in [0.4, 0.5) is 9.18 Å². The molecule has 2 heterocycles. The molecule has 1 aromatic heterocycles. The minimum absolute atomic E-state index is 0.0831. The van der Waals surface area contributed by atoms with Gasteiger partial charge in [0.2, 0.25) is 0 Å². The van der Waals surface area contributed by atoms with E-state index >= 15 is 0 Å². The molecule has 0 bridgehead atoms. The molecule has 25 heavy (non-hydrogen) atoms. The Labute approximate surface area is 146 Å². The van der Waals surface area contributed by atoms with Gasteiger partial charge < -0.3 is 15.4 Å². The number of rotatable bonds is 7. The largest absolute Gasteiger partial charge is 0.376 e. The van der Waals surface area contributed by atoms with Crippen molar-refractivity contribution in [2.75, 3.05) is 13.2 Å². The first-order valence-electron chi connectivity index (χ1n) is 8.61. The number of carbonyl (C=O) groups excluding carboxylic acids is 1. The van der Waals surface area contributed by atoms with Crippen molar-refractivity contribution < 1.29 is 13.9 Å². The van der Waals surface area contributed by atoms with Gasteiger partial charge in [-0.15, -0.1) is 0 Å². The number of halogens is 1. The molecule has 2 atom stereocenters. The Morgan fingerprint density at radius 3 is 2.92 bits per heavy atom. The third-order valence-corrected chi connectivity index (χ3v) is 4.26. The molecule has 1 aliphatic rings. The van der Waals surface area contributed by atoms with Crippen molar-refractivity contribution in [3.63, 3.8) is 0 Å². The number of hydrogen-bond acceptors (Lipinski definition) is 3. The number of nitrogens with zero attached hydrogens (tertiary/aromatic N) is 2. The van der Waals surface area contributed by atoms with Gasteiger partial charge in [0.05, 0.1) is 12.1 Å². The van der Waals surface area contributed by atoms with E-state index < -0.39 is 0 Å². The Morgan fingerprint density at radius 2 is 2.24 bits per heavy atom. The van der Waals surface area contributed by atoms with Crippen LogP contribution in [0.25, 0.3) is 0 Å². The van der Waals surface area contributed by atoms with E-state index in [-0.39, 0.29) is 24.0 Å². The third kappa shape index (κ3) is 5.03. The molecule has 0 unspecified atom stereocenters. The van der Waals surface area contributed by atoms with E-state index in [4.69, 9.17) is 4.74 Å². The van der Waals surface area contributed by atoms with Gasteiger partial charge in [-0.1, -0.05) is 12.1 Å². The second-order valence-electron chi connectivity index (χ2n) is 6.10. The van der Waals surface area contributed by atoms with Gasteiger partial charge in [0.1, 0.15) is 5.82 Å². The SMILES string of the molecule is O=C(NCCCn1cccn1)N[C@H](c1ccc(F)cc1)[C@H]1CCCO1. The number of ether oxygens (including phenoxy) is 1. The number of nitrogens with one attached hydrogen (secondary N) is 2. The highest BCUT2D eigenvalue weighted by Crippen LogP contribution is 2.27. The predicted molar refractivity (Wildman–Crippen MR) is 91.5 cm³/mol. The minimum atomic E-state index is -0.294. The van der Waals surface area contributed by atoms with Crippen LogP contribution in [0.15, 0.2) is 42.7 Å². The van der Waals surface area contributed by atoms with Gasteiger partial charge in [-0.25, -0.2) is 9.18 Å². The Morgan fingerprint density at radius 1 is 1.40 bits per heavy atom. The van der Waals surface area contributed by atoms with Crippen LogP contribution in [-0.4, -0.2) is 35.1 Å². The van der Waals surface area contributed by atoms with Crippen molar-refractivity contribution in [2.45, 2.75) is 38.0 Å². The van der Waals surface area contributed by atoms with E-state index in [2.05, 4.69) is 15.7 Å². The van der Waals surface area contributed by atoms with Crippen LogP contribution in [0.1, 0.15) is 30.9 Å². The summed E-state index contributed by atoms with van der Waals surface area (Å²) >= 11 is 0. The van der Waals surface area contributed by atoms with E-state index in [0.717, 1.165) is 31.4 Å². The summed E-state index contributed by atoms with van der Waals surface area (Å²) in [5.41, 5.74) is 0.847. The summed E-state index contributed by atoms with van der Waals surface area (Å²) in [6, 6.07) is 7.54. The zero-order chi connectivity index (χ0) is 17.5. The Kier molecular flexibility index (Phi) is 6.00. The third-order valence-electron chi connectivity index (χ3n) is 4.26. The van der Waals surface area contributed by atoms with Crippen LogP contribution < -0.4 is 10.6 Å². The Hall–Kier alpha value is -2.41. The number of amides is 2. The van der Waals surface area contributed by atoms with Gasteiger partial charge in [-0.3, -0.25) is 4.68 Å². The van der Waals surface area contributed by atoms with Crippen molar-refractivity contribution in [3.05, 3.63) is 54.1 Å². The molecule has 134 valence electrons. The van der Waals surface area contributed by atoms with Crippen LogP contribution in [0, 0.1) is 5.82 Å². The monoisotopic (exact) mass is 346 g/mol. The number of aromatic nitrogens is 2. The summed E-state index contributed by atoms with van der Waals surface area (Å²) < 4.78 is 20.7. The van der Waals surface area contributed by atoms with Gasteiger partial charge in [-0.05, 0) is 43.0 Å². The smallest absolute Gasteiger partial charge is 0.315 e. The van der Waals surface area contributed by atoms with Crippen LogP contribution >= 0.6 is 0 Å². The first kappa shape index (κ1) is 17.4. The molecule has 1 fully saturated rings. The molecule has 0 radical (unpaired) electrons. The molecule has 2 amide bonds. The molecule has 0 spiro atoms. The average Bonchev–Trinajstić information content (AvgIpc) is 3.31. The lowest BCUT2D eigenvalue weighted by Crippen LogP contribution is -2.42. The molecule has 7 heteroatoms. The molecule has 2 N–H and O–H groups in total. The number of aryl methyl sites for hydroxylation is 1. The normalized spacial score (nSPS) is 18.0. The van der Waals surface area contributed by atoms with E-state index in [9.17, 15) is 9.18 Å². The van der Waals surface area contributed by atoms with Crippen molar-refractivity contribution >= 4 is 6.03 Å². The summed E-state index contributed by atoms with van der Waals surface area (Å²) in [6.07, 6.45) is 6.17. The maximum absolute atomic E-state index is 13.2. The lowest BCUT2D eigenvalue weighted by molar-refractivity contribution is 0.0807. The molecule has 1 saturated heterocycles. The molecule has 0 saturated carbocycles. The van der Waals surface area contributed by atoms with Crippen LogP contribution in [0.5, 0.6) is 0 Å². The maximum atomic E-state index is 13.2. The van der Waals surface area contributed by atoms with Gasteiger partial charge >= 0.3 is 6.03 Å². The lowest BCUT2D eigenvalue weighted by Gasteiger charge is -2.25. The van der Waals surface area contributed by atoms with Crippen molar-refractivity contribution in [1.82, 2.24) is 20.4 Å². The van der Waals surface area contributed by atoms with Gasteiger partial charge in [0.25, 0.3) is 0 Å². The number of benzene rings is 1. The van der Waals surface area contributed by atoms with Gasteiger partial charge in [0, 0.05) is 32.1 Å². The van der Waals surface area contributed by atoms with Gasteiger partial charge in [0.15, 0.2) is 0 Å². The molecule has 3 rings (SSSR count). The first-order valence-corrected chi connectivity index (χ1v) is 8.61. The van der Waals surface area contributed by atoms with E-state index in [1.165, 1.54) is 12.1 Å². The fraction of sp³-hybridized carbons (Fsp3) is 0.444. The highest BCUT2D eigenvalue weighted by atomic mass is 19.1. The summed E-state index contributed by atoms with van der Waals surface area (Å²) in [4.78, 5) is 12.2. The summed E-state index contributed by atoms with van der Waals surface area (Å²) in [5.74, 6) is -0.294. The lowest BCUT2D eigenvalue weighted by atomic mass is 9.99. The summed E-state index contributed by atoms with van der Waals surface area (Å²) in [7, 11) is 0. The fourth-order valence-electron chi connectivity index (χ4n) is 2.99. The maximum Gasteiger partial charge on any atom is 0.315 e. The summed E-state index contributed by atoms with van der Waals surface area (Å²) in [5, 5.41) is 9.95. The standard InChI is InChI=1S/C18H23FN4O2/c19-15-7-5-14(6-8-15)17(16-4-1-13-25-16)22-18(24)20-9-2-11-23-12-3-10-21-23/h3,5-8,10,12,16-17H,1-2,4,9,11,13H2,(H2,20,22,24)/t16-,17-/m1/s1. The molecule has 2 aromatic rings. The van der Waals surface area contributed by atoms with E-state index in [0.29, 0.717) is 13.2 Å². The average molecular weight is 346 g/mol. The number of hydrogen-bond donors (Lipinski definition) is 2. The molecule has 1 aliphatic heterocycles.